The van der Waals surface area contributed by atoms with Crippen molar-refractivity contribution in [2.24, 2.45) is 0 Å². The molecule has 0 unspecified atom stereocenters. The predicted octanol–water partition coefficient (Wildman–Crippen LogP) is 4.28. The number of aliphatic carboxylic acids is 1. The summed E-state index contributed by atoms with van der Waals surface area (Å²) in [5.74, 6) is -0.312. The fraction of sp³-hybridized carbons (Fsp3) is 0.167. The van der Waals surface area contributed by atoms with Gasteiger partial charge in [-0.2, -0.15) is 0 Å². The minimum atomic E-state index is -0.980. The first-order valence-corrected chi connectivity index (χ1v) is 6.84. The van der Waals surface area contributed by atoms with Crippen LogP contribution in [0.4, 0.5) is 0 Å². The van der Waals surface area contributed by atoms with Gasteiger partial charge in [0.1, 0.15) is 12.4 Å². The lowest BCUT2D eigenvalue weighted by atomic mass is 10.0. The van der Waals surface area contributed by atoms with Crippen LogP contribution < -0.4 is 4.74 Å². The Morgan fingerprint density at radius 2 is 2.05 bits per heavy atom. The third-order valence-electron chi connectivity index (χ3n) is 3.26. The Kier molecular flexibility index (Phi) is 4.77. The molecule has 0 heterocycles. The molecular weight excluding hydrogens is 264 g/mol. The molecule has 0 saturated carbocycles. The second-order valence-corrected chi connectivity index (χ2v) is 4.76. The van der Waals surface area contributed by atoms with Crippen molar-refractivity contribution in [2.45, 2.75) is 13.3 Å². The van der Waals surface area contributed by atoms with Gasteiger partial charge in [0.25, 0.3) is 0 Å². The second kappa shape index (κ2) is 6.75. The molecule has 3 nitrogen and oxygen atoms in total. The van der Waals surface area contributed by atoms with E-state index in [4.69, 9.17) is 9.84 Å². The molecule has 0 radical (unpaired) electrons. The zero-order chi connectivity index (χ0) is 15.2. The summed E-state index contributed by atoms with van der Waals surface area (Å²) in [5, 5.41) is 10.9. The Labute approximate surface area is 124 Å². The van der Waals surface area contributed by atoms with Gasteiger partial charge in [0.15, 0.2) is 0 Å². The van der Waals surface area contributed by atoms with Gasteiger partial charge in [-0.15, -0.1) is 0 Å². The highest BCUT2D eigenvalue weighted by molar-refractivity contribution is 5.96. The molecule has 0 aliphatic heterocycles. The van der Waals surface area contributed by atoms with E-state index in [0.29, 0.717) is 12.4 Å². The van der Waals surface area contributed by atoms with E-state index in [9.17, 15) is 4.79 Å². The van der Waals surface area contributed by atoms with Crippen LogP contribution >= 0.6 is 0 Å². The van der Waals surface area contributed by atoms with Crippen LogP contribution in [0, 0.1) is 0 Å². The van der Waals surface area contributed by atoms with Crippen molar-refractivity contribution in [1.29, 1.82) is 0 Å². The monoisotopic (exact) mass is 282 g/mol. The molecule has 0 fully saturated rings. The maximum absolute atomic E-state index is 10.8. The quantitative estimate of drug-likeness (QED) is 0.635. The Bertz CT molecular complexity index is 699. The molecule has 108 valence electrons. The number of rotatable bonds is 6. The molecule has 0 amide bonds. The molecule has 0 aliphatic rings. The molecule has 0 saturated heterocycles. The minimum absolute atomic E-state index is 0.433. The number of fused-ring (bicyclic) bond motifs is 1. The van der Waals surface area contributed by atoms with E-state index >= 15 is 0 Å². The molecule has 2 rings (SSSR count). The Hall–Kier alpha value is -2.55. The van der Waals surface area contributed by atoms with Crippen LogP contribution in [0.1, 0.15) is 18.9 Å². The van der Waals surface area contributed by atoms with Crippen LogP contribution in [0.2, 0.25) is 0 Å². The average Bonchev–Trinajstić information content (AvgIpc) is 2.50. The first-order chi connectivity index (χ1) is 10.1. The topological polar surface area (TPSA) is 46.5 Å². The summed E-state index contributed by atoms with van der Waals surface area (Å²) in [6, 6.07) is 11.7. The molecule has 3 heteroatoms. The lowest BCUT2D eigenvalue weighted by Crippen LogP contribution is -2.01. The SMILES string of the molecule is C=C(CC)COc1ccc2ccccc2c1C=CC(=O)O. The van der Waals surface area contributed by atoms with Crippen LogP contribution in [-0.2, 0) is 4.79 Å². The van der Waals surface area contributed by atoms with Gasteiger partial charge >= 0.3 is 5.97 Å². The first kappa shape index (κ1) is 14.9. The summed E-state index contributed by atoms with van der Waals surface area (Å²) < 4.78 is 5.79. The largest absolute Gasteiger partial charge is 0.489 e. The fourth-order valence-electron chi connectivity index (χ4n) is 2.01. The van der Waals surface area contributed by atoms with Gasteiger partial charge < -0.3 is 9.84 Å². The average molecular weight is 282 g/mol. The number of benzene rings is 2. The van der Waals surface area contributed by atoms with Crippen molar-refractivity contribution in [2.75, 3.05) is 6.61 Å². The summed E-state index contributed by atoms with van der Waals surface area (Å²) in [6.07, 6.45) is 3.56. The molecule has 1 N–H and O–H groups in total. The summed E-state index contributed by atoms with van der Waals surface area (Å²) in [5.41, 5.74) is 1.77. The first-order valence-electron chi connectivity index (χ1n) is 6.84. The maximum Gasteiger partial charge on any atom is 0.328 e. The van der Waals surface area contributed by atoms with Crippen LogP contribution in [0.15, 0.2) is 54.6 Å². The van der Waals surface area contributed by atoms with Gasteiger partial charge in [-0.3, -0.25) is 0 Å². The Morgan fingerprint density at radius 3 is 2.76 bits per heavy atom. The van der Waals surface area contributed by atoms with Crippen LogP contribution in [0.5, 0.6) is 5.75 Å². The smallest absolute Gasteiger partial charge is 0.328 e. The van der Waals surface area contributed by atoms with Crippen molar-refractivity contribution >= 4 is 22.8 Å². The Morgan fingerprint density at radius 1 is 1.29 bits per heavy atom. The van der Waals surface area contributed by atoms with E-state index in [-0.39, 0.29) is 0 Å². The van der Waals surface area contributed by atoms with Crippen LogP contribution in [0.3, 0.4) is 0 Å². The van der Waals surface area contributed by atoms with E-state index in [2.05, 4.69) is 6.58 Å². The number of hydrogen-bond acceptors (Lipinski definition) is 2. The van der Waals surface area contributed by atoms with Crippen molar-refractivity contribution in [3.05, 3.63) is 60.2 Å². The molecule has 0 aliphatic carbocycles. The Balaban J connectivity index is 2.45. The molecule has 2 aromatic rings. The van der Waals surface area contributed by atoms with E-state index in [1.165, 1.54) is 0 Å². The zero-order valence-electron chi connectivity index (χ0n) is 12.0. The normalized spacial score (nSPS) is 10.9. The standard InChI is InChI=1S/C18H18O3/c1-3-13(2)12-21-17-10-8-14-6-4-5-7-15(14)16(17)9-11-18(19)20/h4-11H,2-3,12H2,1H3,(H,19,20). The van der Waals surface area contributed by atoms with Gasteiger partial charge in [0.2, 0.25) is 0 Å². The lowest BCUT2D eigenvalue weighted by Gasteiger charge is -2.12. The molecule has 2 aromatic carbocycles. The van der Waals surface area contributed by atoms with Crippen molar-refractivity contribution in [3.63, 3.8) is 0 Å². The maximum atomic E-state index is 10.8. The van der Waals surface area contributed by atoms with Crippen molar-refractivity contribution in [3.8, 4) is 5.75 Å². The lowest BCUT2D eigenvalue weighted by molar-refractivity contribution is -0.131. The van der Waals surface area contributed by atoms with Gasteiger partial charge in [0, 0.05) is 11.6 Å². The summed E-state index contributed by atoms with van der Waals surface area (Å²) in [6.45, 7) is 6.38. The van der Waals surface area contributed by atoms with E-state index < -0.39 is 5.97 Å². The molecular formula is C18H18O3. The van der Waals surface area contributed by atoms with E-state index in [1.54, 1.807) is 6.08 Å². The number of ether oxygens (including phenoxy) is 1. The van der Waals surface area contributed by atoms with E-state index in [1.807, 2.05) is 43.3 Å². The van der Waals surface area contributed by atoms with Crippen LogP contribution in [-0.4, -0.2) is 17.7 Å². The third-order valence-corrected chi connectivity index (χ3v) is 3.26. The number of carboxylic acids is 1. The molecule has 21 heavy (non-hydrogen) atoms. The van der Waals surface area contributed by atoms with Crippen molar-refractivity contribution < 1.29 is 14.6 Å². The second-order valence-electron chi connectivity index (χ2n) is 4.76. The highest BCUT2D eigenvalue weighted by Gasteiger charge is 2.07. The third kappa shape index (κ3) is 3.72. The number of carboxylic acid groups (broad SMARTS) is 1. The predicted molar refractivity (Wildman–Crippen MR) is 85.5 cm³/mol. The summed E-state index contributed by atoms with van der Waals surface area (Å²) in [7, 11) is 0. The highest BCUT2D eigenvalue weighted by Crippen LogP contribution is 2.29. The minimum Gasteiger partial charge on any atom is -0.489 e. The van der Waals surface area contributed by atoms with Gasteiger partial charge in [-0.1, -0.05) is 43.8 Å². The summed E-state index contributed by atoms with van der Waals surface area (Å²) >= 11 is 0. The molecule has 0 bridgehead atoms. The molecule has 0 atom stereocenters. The fourth-order valence-corrected chi connectivity index (χ4v) is 2.01. The highest BCUT2D eigenvalue weighted by atomic mass is 16.5. The molecule has 0 aromatic heterocycles. The van der Waals surface area contributed by atoms with Gasteiger partial charge in [0.05, 0.1) is 0 Å². The zero-order valence-corrected chi connectivity index (χ0v) is 12.0. The number of hydrogen-bond donors (Lipinski definition) is 1. The van der Waals surface area contributed by atoms with E-state index in [0.717, 1.165) is 34.4 Å². The van der Waals surface area contributed by atoms with Crippen LogP contribution in [0.25, 0.3) is 16.8 Å². The molecule has 0 spiro atoms. The van der Waals surface area contributed by atoms with Gasteiger partial charge in [-0.25, -0.2) is 4.79 Å². The number of carbonyl (C=O) groups is 1. The van der Waals surface area contributed by atoms with Crippen molar-refractivity contribution in [1.82, 2.24) is 0 Å². The van der Waals surface area contributed by atoms with Gasteiger partial charge in [-0.05, 0) is 34.9 Å². The summed E-state index contributed by atoms with van der Waals surface area (Å²) in [4.78, 5) is 10.8.